The number of anilines is 1. The lowest BCUT2D eigenvalue weighted by atomic mass is 10.3. The zero-order valence-electron chi connectivity index (χ0n) is 12.6. The van der Waals surface area contributed by atoms with Gasteiger partial charge in [-0.15, -0.1) is 0 Å². The summed E-state index contributed by atoms with van der Waals surface area (Å²) in [6.45, 7) is 3.34. The van der Waals surface area contributed by atoms with Crippen LogP contribution >= 0.6 is 0 Å². The van der Waals surface area contributed by atoms with Crippen LogP contribution in [0.2, 0.25) is 0 Å². The zero-order chi connectivity index (χ0) is 15.9. The van der Waals surface area contributed by atoms with E-state index in [0.29, 0.717) is 11.4 Å². The zero-order valence-corrected chi connectivity index (χ0v) is 12.6. The van der Waals surface area contributed by atoms with Gasteiger partial charge in [-0.1, -0.05) is 6.58 Å². The summed E-state index contributed by atoms with van der Waals surface area (Å²) in [6, 6.07) is 14.5. The molecular weight excluding hydrogens is 278 g/mol. The van der Waals surface area contributed by atoms with Gasteiger partial charge in [0.05, 0.1) is 11.4 Å². The van der Waals surface area contributed by atoms with Crippen molar-refractivity contribution < 1.29 is 9.53 Å². The van der Waals surface area contributed by atoms with Crippen molar-refractivity contribution in [1.29, 1.82) is 0 Å². The van der Waals surface area contributed by atoms with Crippen molar-refractivity contribution in [2.75, 3.05) is 19.0 Å². The topological polar surface area (TPSA) is 54.3 Å². The SMILES string of the molecule is C=CC(=O)Oc1ccc(N=Nc2ccc(N(C)C)cc2)cc1. The maximum absolute atomic E-state index is 11.1. The summed E-state index contributed by atoms with van der Waals surface area (Å²) in [5, 5.41) is 8.31. The van der Waals surface area contributed by atoms with Crippen LogP contribution in [0.4, 0.5) is 17.1 Å². The number of azo groups is 1. The van der Waals surface area contributed by atoms with Gasteiger partial charge in [-0.05, 0) is 48.5 Å². The Morgan fingerprint density at radius 2 is 1.50 bits per heavy atom. The Morgan fingerprint density at radius 1 is 1.00 bits per heavy atom. The molecule has 0 saturated heterocycles. The first-order valence-electron chi connectivity index (χ1n) is 6.72. The summed E-state index contributed by atoms with van der Waals surface area (Å²) in [5.74, 6) is -0.0467. The van der Waals surface area contributed by atoms with Gasteiger partial charge in [-0.2, -0.15) is 10.2 Å². The van der Waals surface area contributed by atoms with Gasteiger partial charge < -0.3 is 9.64 Å². The Balaban J connectivity index is 2.03. The van der Waals surface area contributed by atoms with Crippen LogP contribution in [0.1, 0.15) is 0 Å². The van der Waals surface area contributed by atoms with Gasteiger partial charge in [0.1, 0.15) is 5.75 Å². The summed E-state index contributed by atoms with van der Waals surface area (Å²) in [7, 11) is 3.97. The fourth-order valence-corrected chi connectivity index (χ4v) is 1.67. The molecule has 5 nitrogen and oxygen atoms in total. The quantitative estimate of drug-likeness (QED) is 0.358. The minimum Gasteiger partial charge on any atom is -0.423 e. The monoisotopic (exact) mass is 295 g/mol. The number of esters is 1. The molecular formula is C17H17N3O2. The minimum absolute atomic E-state index is 0.444. The molecule has 0 aliphatic heterocycles. The lowest BCUT2D eigenvalue weighted by Crippen LogP contribution is -2.07. The lowest BCUT2D eigenvalue weighted by molar-refractivity contribution is -0.128. The van der Waals surface area contributed by atoms with E-state index in [9.17, 15) is 4.79 Å². The maximum atomic E-state index is 11.1. The smallest absolute Gasteiger partial charge is 0.335 e. The average Bonchev–Trinajstić information content (AvgIpc) is 2.54. The summed E-state index contributed by atoms with van der Waals surface area (Å²) >= 11 is 0. The fourth-order valence-electron chi connectivity index (χ4n) is 1.67. The first-order chi connectivity index (χ1) is 10.6. The summed E-state index contributed by atoms with van der Waals surface area (Å²) in [5.41, 5.74) is 2.55. The molecule has 0 aliphatic rings. The summed E-state index contributed by atoms with van der Waals surface area (Å²) in [6.07, 6.45) is 1.12. The van der Waals surface area contributed by atoms with E-state index in [1.165, 1.54) is 0 Å². The van der Waals surface area contributed by atoms with Crippen LogP contribution in [0.3, 0.4) is 0 Å². The van der Waals surface area contributed by atoms with E-state index in [1.54, 1.807) is 24.3 Å². The van der Waals surface area contributed by atoms with E-state index in [0.717, 1.165) is 17.5 Å². The normalized spacial score (nSPS) is 10.5. The van der Waals surface area contributed by atoms with Gasteiger partial charge in [0.25, 0.3) is 0 Å². The standard InChI is InChI=1S/C17H17N3O2/c1-4-17(21)22-16-11-7-14(8-12-16)19-18-13-5-9-15(10-6-13)20(2)3/h4-12H,1H2,2-3H3. The molecule has 0 radical (unpaired) electrons. The number of hydrogen-bond donors (Lipinski definition) is 0. The Hall–Kier alpha value is -2.95. The number of rotatable bonds is 5. The largest absolute Gasteiger partial charge is 0.423 e. The van der Waals surface area contributed by atoms with Crippen LogP contribution in [0.5, 0.6) is 5.75 Å². The molecule has 22 heavy (non-hydrogen) atoms. The van der Waals surface area contributed by atoms with E-state index < -0.39 is 5.97 Å². The second-order valence-electron chi connectivity index (χ2n) is 4.73. The number of nitrogens with zero attached hydrogens (tertiary/aromatic N) is 3. The molecule has 0 heterocycles. The van der Waals surface area contributed by atoms with Crippen molar-refractivity contribution in [2.24, 2.45) is 10.2 Å². The van der Waals surface area contributed by atoms with Gasteiger partial charge in [0.2, 0.25) is 0 Å². The van der Waals surface area contributed by atoms with E-state index in [2.05, 4.69) is 16.8 Å². The van der Waals surface area contributed by atoms with Crippen molar-refractivity contribution in [3.63, 3.8) is 0 Å². The molecule has 2 rings (SSSR count). The first kappa shape index (κ1) is 15.4. The van der Waals surface area contributed by atoms with Crippen LogP contribution in [0, 0.1) is 0 Å². The second-order valence-corrected chi connectivity index (χ2v) is 4.73. The number of benzene rings is 2. The molecule has 0 N–H and O–H groups in total. The Labute approximate surface area is 129 Å². The Kier molecular flexibility index (Phi) is 5.03. The second kappa shape index (κ2) is 7.17. The van der Waals surface area contributed by atoms with Gasteiger partial charge in [-0.25, -0.2) is 4.79 Å². The van der Waals surface area contributed by atoms with Crippen LogP contribution in [-0.2, 0) is 4.79 Å². The van der Waals surface area contributed by atoms with Gasteiger partial charge in [0.15, 0.2) is 0 Å². The lowest BCUT2D eigenvalue weighted by Gasteiger charge is -2.11. The average molecular weight is 295 g/mol. The highest BCUT2D eigenvalue weighted by Crippen LogP contribution is 2.23. The highest BCUT2D eigenvalue weighted by atomic mass is 16.5. The number of hydrogen-bond acceptors (Lipinski definition) is 5. The third-order valence-electron chi connectivity index (χ3n) is 2.87. The molecule has 5 heteroatoms. The molecule has 0 atom stereocenters. The van der Waals surface area contributed by atoms with Crippen LogP contribution in [0.25, 0.3) is 0 Å². The predicted molar refractivity (Wildman–Crippen MR) is 87.2 cm³/mol. The van der Waals surface area contributed by atoms with Crippen molar-refractivity contribution in [1.82, 2.24) is 0 Å². The number of carbonyl (C=O) groups excluding carboxylic acids is 1. The molecule has 112 valence electrons. The molecule has 0 bridgehead atoms. The molecule has 0 unspecified atom stereocenters. The molecule has 0 aliphatic carbocycles. The first-order valence-corrected chi connectivity index (χ1v) is 6.72. The number of ether oxygens (including phenoxy) is 1. The molecule has 0 fully saturated rings. The molecule has 0 saturated carbocycles. The van der Waals surface area contributed by atoms with E-state index >= 15 is 0 Å². The van der Waals surface area contributed by atoms with Crippen molar-refractivity contribution >= 4 is 23.0 Å². The third-order valence-corrected chi connectivity index (χ3v) is 2.87. The van der Waals surface area contributed by atoms with Gasteiger partial charge in [0, 0.05) is 25.9 Å². The van der Waals surface area contributed by atoms with E-state index in [-0.39, 0.29) is 0 Å². The molecule has 0 spiro atoms. The Bertz CT molecular complexity index is 674. The molecule has 0 aromatic heterocycles. The van der Waals surface area contributed by atoms with Crippen molar-refractivity contribution in [3.8, 4) is 5.75 Å². The highest BCUT2D eigenvalue weighted by molar-refractivity contribution is 5.83. The van der Waals surface area contributed by atoms with Crippen LogP contribution < -0.4 is 9.64 Å². The predicted octanol–water partition coefficient (Wildman–Crippen LogP) is 4.26. The molecule has 2 aromatic rings. The number of carbonyl (C=O) groups is 1. The van der Waals surface area contributed by atoms with Gasteiger partial charge >= 0.3 is 5.97 Å². The molecule has 0 amide bonds. The highest BCUT2D eigenvalue weighted by Gasteiger charge is 1.99. The Morgan fingerprint density at radius 3 is 1.95 bits per heavy atom. The van der Waals surface area contributed by atoms with E-state index in [1.807, 2.05) is 43.3 Å². The van der Waals surface area contributed by atoms with Gasteiger partial charge in [-0.3, -0.25) is 0 Å². The van der Waals surface area contributed by atoms with Crippen molar-refractivity contribution in [2.45, 2.75) is 0 Å². The third kappa shape index (κ3) is 4.28. The fraction of sp³-hybridized carbons (Fsp3) is 0.118. The summed E-state index contributed by atoms with van der Waals surface area (Å²) < 4.78 is 4.98. The molecule has 2 aromatic carbocycles. The van der Waals surface area contributed by atoms with E-state index in [4.69, 9.17) is 4.74 Å². The minimum atomic E-state index is -0.490. The van der Waals surface area contributed by atoms with Crippen molar-refractivity contribution in [3.05, 3.63) is 61.2 Å². The summed E-state index contributed by atoms with van der Waals surface area (Å²) in [4.78, 5) is 13.1. The maximum Gasteiger partial charge on any atom is 0.335 e. The van der Waals surface area contributed by atoms with Crippen LogP contribution in [0.15, 0.2) is 71.4 Å². The van der Waals surface area contributed by atoms with Crippen LogP contribution in [-0.4, -0.2) is 20.1 Å².